The first-order chi connectivity index (χ1) is 11.2. The van der Waals surface area contributed by atoms with Gasteiger partial charge >= 0.3 is 11.9 Å². The first-order valence-corrected chi connectivity index (χ1v) is 7.97. The molecule has 1 heterocycles. The maximum atomic E-state index is 12.5. The third-order valence-corrected chi connectivity index (χ3v) is 3.64. The third kappa shape index (κ3) is 4.59. The predicted molar refractivity (Wildman–Crippen MR) is 88.9 cm³/mol. The minimum Gasteiger partial charge on any atom is -0.467 e. The van der Waals surface area contributed by atoms with Crippen molar-refractivity contribution in [3.05, 3.63) is 22.5 Å². The Morgan fingerprint density at radius 3 is 2.33 bits per heavy atom. The summed E-state index contributed by atoms with van der Waals surface area (Å²) >= 11 is 0. The Labute approximate surface area is 142 Å². The number of aromatic amines is 1. The molecule has 24 heavy (non-hydrogen) atoms. The smallest absolute Gasteiger partial charge is 0.340 e. The number of carbonyl (C=O) groups excluding carboxylic acids is 3. The fourth-order valence-corrected chi connectivity index (χ4v) is 2.54. The number of esters is 2. The van der Waals surface area contributed by atoms with Crippen molar-refractivity contribution in [3.63, 3.8) is 0 Å². The summed E-state index contributed by atoms with van der Waals surface area (Å²) in [4.78, 5) is 39.3. The van der Waals surface area contributed by atoms with Crippen LogP contribution in [-0.2, 0) is 14.3 Å². The molecule has 1 atom stereocenters. The molecule has 7 heteroatoms. The van der Waals surface area contributed by atoms with Crippen molar-refractivity contribution in [2.45, 2.75) is 47.1 Å². The van der Waals surface area contributed by atoms with Gasteiger partial charge in [-0.2, -0.15) is 0 Å². The van der Waals surface area contributed by atoms with Gasteiger partial charge in [0.25, 0.3) is 5.91 Å². The number of amides is 1. The zero-order chi connectivity index (χ0) is 18.4. The van der Waals surface area contributed by atoms with Crippen molar-refractivity contribution in [2.75, 3.05) is 13.7 Å². The zero-order valence-corrected chi connectivity index (χ0v) is 15.1. The van der Waals surface area contributed by atoms with Crippen molar-refractivity contribution in [1.82, 2.24) is 10.3 Å². The van der Waals surface area contributed by atoms with E-state index < -0.39 is 23.9 Å². The van der Waals surface area contributed by atoms with Crippen molar-refractivity contribution in [3.8, 4) is 0 Å². The number of carbonyl (C=O) groups is 3. The van der Waals surface area contributed by atoms with Crippen LogP contribution in [0, 0.1) is 19.8 Å². The molecule has 1 aromatic rings. The summed E-state index contributed by atoms with van der Waals surface area (Å²) < 4.78 is 9.75. The summed E-state index contributed by atoms with van der Waals surface area (Å²) in [7, 11) is 1.28. The molecule has 0 spiro atoms. The van der Waals surface area contributed by atoms with Gasteiger partial charge in [0.15, 0.2) is 0 Å². The van der Waals surface area contributed by atoms with Crippen LogP contribution in [-0.4, -0.2) is 42.6 Å². The normalized spacial score (nSPS) is 12.0. The van der Waals surface area contributed by atoms with Gasteiger partial charge in [-0.15, -0.1) is 0 Å². The monoisotopic (exact) mass is 338 g/mol. The Balaban J connectivity index is 3.04. The van der Waals surface area contributed by atoms with Crippen LogP contribution in [0.5, 0.6) is 0 Å². The summed E-state index contributed by atoms with van der Waals surface area (Å²) in [6.07, 6.45) is 0.460. The van der Waals surface area contributed by atoms with Gasteiger partial charge in [0.2, 0.25) is 0 Å². The van der Waals surface area contributed by atoms with E-state index in [0.29, 0.717) is 23.2 Å². The first kappa shape index (κ1) is 19.7. The van der Waals surface area contributed by atoms with Gasteiger partial charge in [-0.1, -0.05) is 13.8 Å². The minimum atomic E-state index is -0.739. The van der Waals surface area contributed by atoms with E-state index in [1.165, 1.54) is 7.11 Å². The van der Waals surface area contributed by atoms with Crippen LogP contribution in [0.2, 0.25) is 0 Å². The summed E-state index contributed by atoms with van der Waals surface area (Å²) in [5, 5.41) is 2.67. The van der Waals surface area contributed by atoms with E-state index in [1.807, 2.05) is 13.8 Å². The van der Waals surface area contributed by atoms with Crippen LogP contribution < -0.4 is 5.32 Å². The molecule has 2 N–H and O–H groups in total. The van der Waals surface area contributed by atoms with Crippen molar-refractivity contribution < 1.29 is 23.9 Å². The highest BCUT2D eigenvalue weighted by Crippen LogP contribution is 2.19. The molecule has 0 aliphatic rings. The van der Waals surface area contributed by atoms with Crippen molar-refractivity contribution in [1.29, 1.82) is 0 Å². The molecule has 0 saturated carbocycles. The lowest BCUT2D eigenvalue weighted by molar-refractivity contribution is -0.143. The number of methoxy groups -OCH3 is 1. The standard InChI is InChI=1S/C17H26N2O5/c1-7-24-17(22)13-10(4)14(18-11(13)5)15(20)19-12(8-9(2)3)16(21)23-6/h9,12,18H,7-8H2,1-6H3,(H,19,20). The van der Waals surface area contributed by atoms with Crippen LogP contribution in [0.4, 0.5) is 0 Å². The average molecular weight is 338 g/mol. The zero-order valence-electron chi connectivity index (χ0n) is 15.1. The van der Waals surface area contributed by atoms with E-state index in [-0.39, 0.29) is 18.2 Å². The summed E-state index contributed by atoms with van der Waals surface area (Å²) in [5.41, 5.74) is 1.64. The first-order valence-electron chi connectivity index (χ1n) is 7.97. The van der Waals surface area contributed by atoms with Crippen LogP contribution >= 0.6 is 0 Å². The topological polar surface area (TPSA) is 97.5 Å². The molecule has 0 fully saturated rings. The Morgan fingerprint density at radius 1 is 1.21 bits per heavy atom. The maximum Gasteiger partial charge on any atom is 0.340 e. The lowest BCUT2D eigenvalue weighted by Gasteiger charge is -2.18. The molecular formula is C17H26N2O5. The molecule has 1 rings (SSSR count). The highest BCUT2D eigenvalue weighted by molar-refractivity contribution is 6.01. The fourth-order valence-electron chi connectivity index (χ4n) is 2.54. The van der Waals surface area contributed by atoms with E-state index >= 15 is 0 Å². The van der Waals surface area contributed by atoms with Gasteiger partial charge in [0.05, 0.1) is 19.3 Å². The van der Waals surface area contributed by atoms with Gasteiger partial charge in [-0.05, 0) is 38.7 Å². The van der Waals surface area contributed by atoms with Crippen molar-refractivity contribution in [2.24, 2.45) is 5.92 Å². The number of aryl methyl sites for hydroxylation is 1. The summed E-state index contributed by atoms with van der Waals surface area (Å²) in [6, 6.07) is -0.739. The van der Waals surface area contributed by atoms with E-state index in [9.17, 15) is 14.4 Å². The fraction of sp³-hybridized carbons (Fsp3) is 0.588. The predicted octanol–water partition coefficient (Wildman–Crippen LogP) is 2.13. The SMILES string of the molecule is CCOC(=O)c1c(C)[nH]c(C(=O)NC(CC(C)C)C(=O)OC)c1C. The highest BCUT2D eigenvalue weighted by Gasteiger charge is 2.27. The lowest BCUT2D eigenvalue weighted by Crippen LogP contribution is -2.42. The number of hydrogen-bond donors (Lipinski definition) is 2. The highest BCUT2D eigenvalue weighted by atomic mass is 16.5. The minimum absolute atomic E-state index is 0.205. The largest absolute Gasteiger partial charge is 0.467 e. The second-order valence-electron chi connectivity index (χ2n) is 6.02. The molecule has 0 radical (unpaired) electrons. The van der Waals surface area contributed by atoms with Crippen LogP contribution in [0.25, 0.3) is 0 Å². The Bertz CT molecular complexity index is 619. The van der Waals surface area contributed by atoms with E-state index in [2.05, 4.69) is 10.3 Å². The van der Waals surface area contributed by atoms with Gasteiger partial charge in [0, 0.05) is 5.69 Å². The lowest BCUT2D eigenvalue weighted by atomic mass is 10.0. The molecule has 0 saturated heterocycles. The Kier molecular flexibility index (Phi) is 7.00. The third-order valence-electron chi connectivity index (χ3n) is 3.64. The average Bonchev–Trinajstić information content (AvgIpc) is 2.80. The molecule has 7 nitrogen and oxygen atoms in total. The molecule has 0 aliphatic heterocycles. The van der Waals surface area contributed by atoms with Gasteiger partial charge < -0.3 is 19.8 Å². The molecule has 0 bridgehead atoms. The van der Waals surface area contributed by atoms with Crippen LogP contribution in [0.1, 0.15) is 59.3 Å². The summed E-state index contributed by atoms with van der Waals surface area (Å²) in [5.74, 6) is -1.23. The van der Waals surface area contributed by atoms with E-state index in [0.717, 1.165) is 0 Å². The second-order valence-corrected chi connectivity index (χ2v) is 6.02. The Morgan fingerprint density at radius 2 is 1.83 bits per heavy atom. The Hall–Kier alpha value is -2.31. The number of rotatable bonds is 7. The van der Waals surface area contributed by atoms with E-state index in [1.54, 1.807) is 20.8 Å². The molecular weight excluding hydrogens is 312 g/mol. The number of aromatic nitrogens is 1. The van der Waals surface area contributed by atoms with Gasteiger partial charge in [-0.25, -0.2) is 9.59 Å². The molecule has 1 unspecified atom stereocenters. The second kappa shape index (κ2) is 8.52. The molecule has 134 valence electrons. The number of ether oxygens (including phenoxy) is 2. The van der Waals surface area contributed by atoms with Crippen LogP contribution in [0.15, 0.2) is 0 Å². The van der Waals surface area contributed by atoms with Crippen molar-refractivity contribution >= 4 is 17.8 Å². The number of nitrogens with one attached hydrogen (secondary N) is 2. The maximum absolute atomic E-state index is 12.5. The quantitative estimate of drug-likeness (QED) is 0.742. The molecule has 0 aliphatic carbocycles. The number of hydrogen-bond acceptors (Lipinski definition) is 5. The molecule has 0 aromatic carbocycles. The molecule has 1 aromatic heterocycles. The molecule has 1 amide bonds. The van der Waals surface area contributed by atoms with Gasteiger partial charge in [-0.3, -0.25) is 4.79 Å². The van der Waals surface area contributed by atoms with Gasteiger partial charge in [0.1, 0.15) is 11.7 Å². The summed E-state index contributed by atoms with van der Waals surface area (Å²) in [6.45, 7) is 9.23. The van der Waals surface area contributed by atoms with Crippen LogP contribution in [0.3, 0.4) is 0 Å². The number of H-pyrrole nitrogens is 1. The van der Waals surface area contributed by atoms with E-state index in [4.69, 9.17) is 9.47 Å².